The van der Waals surface area contributed by atoms with Crippen molar-refractivity contribution >= 4 is 12.1 Å². The van der Waals surface area contributed by atoms with Crippen LogP contribution in [0, 0.1) is 18.3 Å². The molecule has 2 aromatic heterocycles. The van der Waals surface area contributed by atoms with Gasteiger partial charge in [-0.25, -0.2) is 4.98 Å². The molecule has 0 unspecified atom stereocenters. The van der Waals surface area contributed by atoms with Gasteiger partial charge in [0, 0.05) is 37.2 Å². The van der Waals surface area contributed by atoms with E-state index in [1.54, 1.807) is 24.7 Å². The SMILES string of the molecule is Cc1cc(C=O)cnc1N(CCC#N)Cc1cccnc1. The summed E-state index contributed by atoms with van der Waals surface area (Å²) in [5.41, 5.74) is 2.52. The number of rotatable bonds is 6. The summed E-state index contributed by atoms with van der Waals surface area (Å²) in [5.74, 6) is 0.791. The zero-order valence-electron chi connectivity index (χ0n) is 11.9. The van der Waals surface area contributed by atoms with Gasteiger partial charge in [0.1, 0.15) is 5.82 Å². The van der Waals surface area contributed by atoms with Crippen LogP contribution in [-0.4, -0.2) is 22.8 Å². The normalized spacial score (nSPS) is 9.90. The summed E-state index contributed by atoms with van der Waals surface area (Å²) in [6, 6.07) is 7.83. The van der Waals surface area contributed by atoms with E-state index >= 15 is 0 Å². The predicted octanol–water partition coefficient (Wildman–Crippen LogP) is 2.52. The van der Waals surface area contributed by atoms with E-state index in [1.165, 1.54) is 0 Å². The van der Waals surface area contributed by atoms with Gasteiger partial charge in [-0.3, -0.25) is 9.78 Å². The van der Waals surface area contributed by atoms with Crippen LogP contribution in [0.1, 0.15) is 27.9 Å². The summed E-state index contributed by atoms with van der Waals surface area (Å²) in [5, 5.41) is 8.82. The molecule has 21 heavy (non-hydrogen) atoms. The fourth-order valence-electron chi connectivity index (χ4n) is 2.14. The van der Waals surface area contributed by atoms with E-state index in [-0.39, 0.29) is 0 Å². The minimum absolute atomic E-state index is 0.414. The first-order chi connectivity index (χ1) is 10.2. The average molecular weight is 280 g/mol. The van der Waals surface area contributed by atoms with Crippen molar-refractivity contribution in [2.75, 3.05) is 11.4 Å². The smallest absolute Gasteiger partial charge is 0.151 e. The van der Waals surface area contributed by atoms with Gasteiger partial charge in [-0.2, -0.15) is 5.26 Å². The highest BCUT2D eigenvalue weighted by atomic mass is 16.1. The molecule has 5 nitrogen and oxygen atoms in total. The van der Waals surface area contributed by atoms with E-state index in [2.05, 4.69) is 16.0 Å². The Bertz CT molecular complexity index is 649. The summed E-state index contributed by atoms with van der Waals surface area (Å²) in [6.07, 6.45) is 6.28. The van der Waals surface area contributed by atoms with Crippen molar-refractivity contribution in [2.45, 2.75) is 19.9 Å². The largest absolute Gasteiger partial charge is 0.351 e. The van der Waals surface area contributed by atoms with E-state index in [0.29, 0.717) is 25.1 Å². The van der Waals surface area contributed by atoms with Gasteiger partial charge in [0.2, 0.25) is 0 Å². The molecule has 0 aliphatic rings. The molecule has 106 valence electrons. The highest BCUT2D eigenvalue weighted by Gasteiger charge is 2.12. The number of carbonyl (C=O) groups excluding carboxylic acids is 1. The van der Waals surface area contributed by atoms with Crippen LogP contribution >= 0.6 is 0 Å². The molecule has 0 saturated heterocycles. The lowest BCUT2D eigenvalue weighted by Crippen LogP contribution is -2.25. The molecule has 0 fully saturated rings. The van der Waals surface area contributed by atoms with Crippen LogP contribution < -0.4 is 4.90 Å². The Morgan fingerprint density at radius 1 is 1.43 bits per heavy atom. The van der Waals surface area contributed by atoms with Crippen molar-refractivity contribution in [2.24, 2.45) is 0 Å². The maximum absolute atomic E-state index is 10.8. The van der Waals surface area contributed by atoms with E-state index in [9.17, 15) is 4.79 Å². The molecule has 0 aliphatic heterocycles. The van der Waals surface area contributed by atoms with Gasteiger partial charge in [-0.15, -0.1) is 0 Å². The molecule has 2 aromatic rings. The maximum Gasteiger partial charge on any atom is 0.151 e. The third-order valence-electron chi connectivity index (χ3n) is 3.10. The fraction of sp³-hybridized carbons (Fsp3) is 0.250. The molecule has 0 spiro atoms. The monoisotopic (exact) mass is 280 g/mol. The second kappa shape index (κ2) is 7.15. The van der Waals surface area contributed by atoms with Crippen molar-refractivity contribution in [3.8, 4) is 6.07 Å². The molecular weight excluding hydrogens is 264 g/mol. The van der Waals surface area contributed by atoms with Gasteiger partial charge in [-0.1, -0.05) is 6.07 Å². The van der Waals surface area contributed by atoms with Crippen LogP contribution in [0.25, 0.3) is 0 Å². The Balaban J connectivity index is 2.27. The quantitative estimate of drug-likeness (QED) is 0.760. The molecule has 0 saturated carbocycles. The topological polar surface area (TPSA) is 69.9 Å². The van der Waals surface area contributed by atoms with Crippen LogP contribution in [0.15, 0.2) is 36.8 Å². The molecule has 5 heteroatoms. The van der Waals surface area contributed by atoms with Crippen LogP contribution in [0.5, 0.6) is 0 Å². The van der Waals surface area contributed by atoms with Gasteiger partial charge >= 0.3 is 0 Å². The van der Waals surface area contributed by atoms with Crippen molar-refractivity contribution in [3.63, 3.8) is 0 Å². The van der Waals surface area contributed by atoms with Gasteiger partial charge in [0.25, 0.3) is 0 Å². The zero-order chi connectivity index (χ0) is 15.1. The van der Waals surface area contributed by atoms with Gasteiger partial charge in [-0.05, 0) is 30.2 Å². The number of nitriles is 1. The van der Waals surface area contributed by atoms with E-state index in [0.717, 1.165) is 23.2 Å². The Kier molecular flexibility index (Phi) is 4.99. The average Bonchev–Trinajstić information content (AvgIpc) is 2.52. The lowest BCUT2D eigenvalue weighted by molar-refractivity contribution is 0.112. The van der Waals surface area contributed by atoms with E-state index in [4.69, 9.17) is 5.26 Å². The number of carbonyl (C=O) groups is 1. The molecule has 0 bridgehead atoms. The zero-order valence-corrected chi connectivity index (χ0v) is 11.9. The second-order valence-electron chi connectivity index (χ2n) is 4.72. The van der Waals surface area contributed by atoms with Crippen LogP contribution in [0.2, 0.25) is 0 Å². The van der Waals surface area contributed by atoms with Crippen LogP contribution in [-0.2, 0) is 6.54 Å². The molecule has 0 amide bonds. The van der Waals surface area contributed by atoms with Crippen molar-refractivity contribution in [3.05, 3.63) is 53.5 Å². The number of aryl methyl sites for hydroxylation is 1. The predicted molar refractivity (Wildman–Crippen MR) is 79.9 cm³/mol. The third-order valence-corrected chi connectivity index (χ3v) is 3.10. The summed E-state index contributed by atoms with van der Waals surface area (Å²) in [7, 11) is 0. The van der Waals surface area contributed by atoms with Crippen molar-refractivity contribution in [1.29, 1.82) is 5.26 Å². The molecule has 2 heterocycles. The maximum atomic E-state index is 10.8. The second-order valence-corrected chi connectivity index (χ2v) is 4.72. The first-order valence-corrected chi connectivity index (χ1v) is 6.67. The van der Waals surface area contributed by atoms with Gasteiger partial charge < -0.3 is 4.90 Å². The third kappa shape index (κ3) is 3.86. The lowest BCUT2D eigenvalue weighted by Gasteiger charge is -2.24. The minimum atomic E-state index is 0.414. The Labute approximate surface area is 123 Å². The fourth-order valence-corrected chi connectivity index (χ4v) is 2.14. The number of aromatic nitrogens is 2. The summed E-state index contributed by atoms with van der Waals surface area (Å²) in [6.45, 7) is 3.13. The summed E-state index contributed by atoms with van der Waals surface area (Å²) < 4.78 is 0. The standard InChI is InChI=1S/C16H16N4O/c1-13-8-15(12-21)10-19-16(13)20(7-3-5-17)11-14-4-2-6-18-9-14/h2,4,6,8-10,12H,3,7,11H2,1H3. The number of anilines is 1. The molecule has 2 rings (SSSR count). The molecule has 0 aromatic carbocycles. The summed E-state index contributed by atoms with van der Waals surface area (Å²) >= 11 is 0. The van der Waals surface area contributed by atoms with Crippen molar-refractivity contribution in [1.82, 2.24) is 9.97 Å². The molecule has 0 N–H and O–H groups in total. The molecule has 0 aliphatic carbocycles. The van der Waals surface area contributed by atoms with E-state index < -0.39 is 0 Å². The first-order valence-electron chi connectivity index (χ1n) is 6.67. The first kappa shape index (κ1) is 14.7. The minimum Gasteiger partial charge on any atom is -0.351 e. The Morgan fingerprint density at radius 2 is 2.29 bits per heavy atom. The molecule has 0 atom stereocenters. The highest BCUT2D eigenvalue weighted by molar-refractivity contribution is 5.75. The number of aldehydes is 1. The number of hydrogen-bond acceptors (Lipinski definition) is 5. The number of nitrogens with zero attached hydrogens (tertiary/aromatic N) is 4. The van der Waals surface area contributed by atoms with Crippen molar-refractivity contribution < 1.29 is 4.79 Å². The lowest BCUT2D eigenvalue weighted by atomic mass is 10.2. The van der Waals surface area contributed by atoms with Crippen LogP contribution in [0.3, 0.4) is 0 Å². The highest BCUT2D eigenvalue weighted by Crippen LogP contribution is 2.20. The molecular formula is C16H16N4O. The van der Waals surface area contributed by atoms with E-state index in [1.807, 2.05) is 24.0 Å². The summed E-state index contributed by atoms with van der Waals surface area (Å²) in [4.78, 5) is 21.3. The Morgan fingerprint density at radius 3 is 2.90 bits per heavy atom. The van der Waals surface area contributed by atoms with Gasteiger partial charge in [0.05, 0.1) is 12.5 Å². The van der Waals surface area contributed by atoms with Gasteiger partial charge in [0.15, 0.2) is 6.29 Å². The number of pyridine rings is 2. The number of hydrogen-bond donors (Lipinski definition) is 0. The molecule has 0 radical (unpaired) electrons. The van der Waals surface area contributed by atoms with Crippen LogP contribution in [0.4, 0.5) is 5.82 Å². The Hall–Kier alpha value is -2.74.